The maximum absolute atomic E-state index is 13.4. The molecular formula is C22H15Cl6N3O2S. The van der Waals surface area contributed by atoms with Crippen molar-refractivity contribution in [1.82, 2.24) is 10.1 Å². The molecule has 0 amide bonds. The first-order valence-corrected chi connectivity index (χ1v) is 13.5. The van der Waals surface area contributed by atoms with Gasteiger partial charge in [0.1, 0.15) is 4.90 Å². The van der Waals surface area contributed by atoms with Crippen LogP contribution in [0.1, 0.15) is 29.6 Å². The maximum atomic E-state index is 13.4. The Morgan fingerprint density at radius 3 is 2.03 bits per heavy atom. The zero-order chi connectivity index (χ0) is 24.6. The van der Waals surface area contributed by atoms with Crippen molar-refractivity contribution >= 4 is 85.3 Å². The number of hydrogen-bond donors (Lipinski definition) is 2. The molecule has 1 heterocycles. The molecule has 12 heteroatoms. The van der Waals surface area contributed by atoms with Gasteiger partial charge in [-0.15, -0.1) is 0 Å². The van der Waals surface area contributed by atoms with E-state index in [1.54, 1.807) is 24.3 Å². The molecule has 0 fully saturated rings. The smallest absolute Gasteiger partial charge is 0.244 e. The lowest BCUT2D eigenvalue weighted by Crippen LogP contribution is -2.34. The second-order valence-electron chi connectivity index (χ2n) is 7.46. The number of hydrogen-bond acceptors (Lipinski definition) is 4. The summed E-state index contributed by atoms with van der Waals surface area (Å²) < 4.78 is 29.5. The van der Waals surface area contributed by atoms with Gasteiger partial charge in [0.25, 0.3) is 0 Å². The first-order valence-electron chi connectivity index (χ1n) is 9.74. The molecule has 0 aliphatic carbocycles. The molecule has 3 aromatic carbocycles. The van der Waals surface area contributed by atoms with Gasteiger partial charge in [-0.3, -0.25) is 0 Å². The van der Waals surface area contributed by atoms with Crippen molar-refractivity contribution in [3.05, 3.63) is 95.9 Å². The number of rotatable bonds is 6. The summed E-state index contributed by atoms with van der Waals surface area (Å²) in [5, 5.41) is 5.69. The monoisotopic (exact) mass is 595 g/mol. The first-order chi connectivity index (χ1) is 16.0. The molecule has 34 heavy (non-hydrogen) atoms. The van der Waals surface area contributed by atoms with E-state index in [4.69, 9.17) is 69.6 Å². The van der Waals surface area contributed by atoms with Gasteiger partial charge in [0, 0.05) is 26.5 Å². The Bertz CT molecular complexity index is 1360. The third kappa shape index (κ3) is 5.61. The Balaban J connectivity index is 1.72. The summed E-state index contributed by atoms with van der Waals surface area (Å²) in [7, 11) is -4.23. The summed E-state index contributed by atoms with van der Waals surface area (Å²) in [6.07, 6.45) is 0.399. The van der Waals surface area contributed by atoms with Crippen molar-refractivity contribution in [3.63, 3.8) is 0 Å². The third-order valence-electron chi connectivity index (χ3n) is 5.16. The average Bonchev–Trinajstić information content (AvgIpc) is 3.22. The van der Waals surface area contributed by atoms with Gasteiger partial charge in [-0.25, -0.2) is 8.42 Å². The predicted molar refractivity (Wildman–Crippen MR) is 140 cm³/mol. The quantitative estimate of drug-likeness (QED) is 0.306. The van der Waals surface area contributed by atoms with Crippen molar-refractivity contribution in [3.8, 4) is 0 Å². The molecule has 178 valence electrons. The molecule has 0 saturated heterocycles. The standard InChI is InChI=1S/C22H15Cl6N3O2S/c23-12-3-1-11(2-4-12)19-10-20(30-29-19)21(15-6-5-13(24)7-16(15)26)31-34(32,33)22-17(27)8-14(25)9-18(22)28/h1-9,19,21,29,31H,10H2. The SMILES string of the molecule is O=S(=O)(NC(C1=NNC(c2ccc(Cl)cc2)C1)c1ccc(Cl)cc1Cl)c1c(Cl)cc(Cl)cc1Cl. The van der Waals surface area contributed by atoms with Crippen LogP contribution in [0.15, 0.2) is 64.6 Å². The van der Waals surface area contributed by atoms with Crippen molar-refractivity contribution in [1.29, 1.82) is 0 Å². The van der Waals surface area contributed by atoms with Gasteiger partial charge < -0.3 is 5.43 Å². The Kier molecular flexibility index (Phi) is 7.92. The van der Waals surface area contributed by atoms with E-state index in [9.17, 15) is 8.42 Å². The number of halogens is 6. The summed E-state index contributed by atoms with van der Waals surface area (Å²) in [5.74, 6) is 0. The molecule has 0 aromatic heterocycles. The highest BCUT2D eigenvalue weighted by molar-refractivity contribution is 7.89. The summed E-state index contributed by atoms with van der Waals surface area (Å²) in [5.41, 5.74) is 4.97. The normalized spacial score (nSPS) is 16.8. The van der Waals surface area contributed by atoms with Gasteiger partial charge in [0.2, 0.25) is 10.0 Å². The van der Waals surface area contributed by atoms with Gasteiger partial charge in [-0.1, -0.05) is 87.8 Å². The first kappa shape index (κ1) is 25.9. The Labute approximate surface area is 227 Å². The second-order valence-corrected chi connectivity index (χ2v) is 11.6. The fourth-order valence-electron chi connectivity index (χ4n) is 3.58. The molecule has 1 aliphatic heterocycles. The molecule has 2 unspecified atom stereocenters. The number of benzene rings is 3. The highest BCUT2D eigenvalue weighted by Gasteiger charge is 2.34. The van der Waals surface area contributed by atoms with Crippen LogP contribution in [-0.4, -0.2) is 14.1 Å². The molecule has 0 bridgehead atoms. The van der Waals surface area contributed by atoms with E-state index >= 15 is 0 Å². The van der Waals surface area contributed by atoms with Gasteiger partial charge in [0.05, 0.1) is 27.8 Å². The summed E-state index contributed by atoms with van der Waals surface area (Å²) in [6.45, 7) is 0. The van der Waals surface area contributed by atoms with Crippen LogP contribution in [0.3, 0.4) is 0 Å². The molecule has 0 spiro atoms. The molecule has 1 aliphatic rings. The van der Waals surface area contributed by atoms with Crippen LogP contribution < -0.4 is 10.1 Å². The number of hydrazone groups is 1. The topological polar surface area (TPSA) is 70.6 Å². The Morgan fingerprint density at radius 2 is 1.41 bits per heavy atom. The zero-order valence-electron chi connectivity index (χ0n) is 17.0. The van der Waals surface area contributed by atoms with E-state index in [1.807, 2.05) is 12.1 Å². The van der Waals surface area contributed by atoms with E-state index in [0.29, 0.717) is 27.7 Å². The van der Waals surface area contributed by atoms with Crippen LogP contribution in [0.4, 0.5) is 0 Å². The number of nitrogens with zero attached hydrogens (tertiary/aromatic N) is 1. The van der Waals surface area contributed by atoms with Crippen molar-refractivity contribution < 1.29 is 8.42 Å². The lowest BCUT2D eigenvalue weighted by Gasteiger charge is -2.21. The molecular weight excluding hydrogens is 583 g/mol. The lowest BCUT2D eigenvalue weighted by molar-refractivity contribution is 0.576. The maximum Gasteiger partial charge on any atom is 0.244 e. The minimum absolute atomic E-state index is 0.114. The third-order valence-corrected chi connectivity index (χ3v) is 8.54. The highest BCUT2D eigenvalue weighted by atomic mass is 35.5. The van der Waals surface area contributed by atoms with Crippen molar-refractivity contribution in [2.24, 2.45) is 5.10 Å². The largest absolute Gasteiger partial charge is 0.302 e. The molecule has 4 rings (SSSR count). The van der Waals surface area contributed by atoms with Gasteiger partial charge in [-0.05, 0) is 47.5 Å². The molecule has 5 nitrogen and oxygen atoms in total. The molecule has 2 atom stereocenters. The molecule has 0 saturated carbocycles. The molecule has 3 aromatic rings. The predicted octanol–water partition coefficient (Wildman–Crippen LogP) is 7.72. The van der Waals surface area contributed by atoms with E-state index in [2.05, 4.69) is 15.2 Å². The van der Waals surface area contributed by atoms with Gasteiger partial charge in [0.15, 0.2) is 0 Å². The van der Waals surface area contributed by atoms with Crippen LogP contribution in [-0.2, 0) is 10.0 Å². The highest BCUT2D eigenvalue weighted by Crippen LogP contribution is 2.37. The molecule has 2 N–H and O–H groups in total. The van der Waals surface area contributed by atoms with Gasteiger partial charge in [-0.2, -0.15) is 9.82 Å². The minimum Gasteiger partial charge on any atom is -0.302 e. The number of sulfonamides is 1. The van der Waals surface area contributed by atoms with E-state index < -0.39 is 16.1 Å². The fourth-order valence-corrected chi connectivity index (χ4v) is 6.97. The Hall–Kier alpha value is -1.22. The van der Waals surface area contributed by atoms with E-state index in [-0.39, 0.29) is 31.0 Å². The van der Waals surface area contributed by atoms with Crippen LogP contribution >= 0.6 is 69.6 Å². The van der Waals surface area contributed by atoms with Crippen LogP contribution in [0.5, 0.6) is 0 Å². The van der Waals surface area contributed by atoms with E-state index in [1.165, 1.54) is 18.2 Å². The van der Waals surface area contributed by atoms with Crippen LogP contribution in [0, 0.1) is 0 Å². The Morgan fingerprint density at radius 1 is 0.824 bits per heavy atom. The summed E-state index contributed by atoms with van der Waals surface area (Å²) in [6, 6.07) is 13.6. The van der Waals surface area contributed by atoms with E-state index in [0.717, 1.165) is 5.56 Å². The molecule has 0 radical (unpaired) electrons. The van der Waals surface area contributed by atoms with Gasteiger partial charge >= 0.3 is 0 Å². The summed E-state index contributed by atoms with van der Waals surface area (Å²) >= 11 is 36.8. The second kappa shape index (κ2) is 10.4. The lowest BCUT2D eigenvalue weighted by atomic mass is 9.96. The van der Waals surface area contributed by atoms with Crippen LogP contribution in [0.2, 0.25) is 30.1 Å². The van der Waals surface area contributed by atoms with Crippen molar-refractivity contribution in [2.45, 2.75) is 23.4 Å². The number of nitrogens with one attached hydrogen (secondary N) is 2. The van der Waals surface area contributed by atoms with Crippen molar-refractivity contribution in [2.75, 3.05) is 0 Å². The zero-order valence-corrected chi connectivity index (χ0v) is 22.3. The minimum atomic E-state index is -4.23. The summed E-state index contributed by atoms with van der Waals surface area (Å²) in [4.78, 5) is -0.295. The fraction of sp³-hybridized carbons (Fsp3) is 0.136. The van der Waals surface area contributed by atoms with Crippen LogP contribution in [0.25, 0.3) is 0 Å². The average molecular weight is 598 g/mol.